The SMILES string of the molecule is O=C(NC1(C(=O)O)CCOC1)C1CC(=O)N(CC2CC2)C1. The molecule has 3 fully saturated rings. The van der Waals surface area contributed by atoms with Crippen LogP contribution in [0.1, 0.15) is 25.7 Å². The fourth-order valence-electron chi connectivity index (χ4n) is 2.96. The Morgan fingerprint density at radius 3 is 2.76 bits per heavy atom. The number of hydrogen-bond donors (Lipinski definition) is 2. The molecule has 2 unspecified atom stereocenters. The van der Waals surface area contributed by atoms with Crippen LogP contribution in [0.2, 0.25) is 0 Å². The van der Waals surface area contributed by atoms with Gasteiger partial charge in [0.2, 0.25) is 11.8 Å². The summed E-state index contributed by atoms with van der Waals surface area (Å²) in [4.78, 5) is 37.3. The normalized spacial score (nSPS) is 32.5. The molecule has 0 aromatic carbocycles. The number of carbonyl (C=O) groups excluding carboxylic acids is 2. The van der Waals surface area contributed by atoms with E-state index < -0.39 is 17.4 Å². The maximum absolute atomic E-state index is 12.3. The molecule has 3 aliphatic rings. The summed E-state index contributed by atoms with van der Waals surface area (Å²) in [5.74, 6) is -1.30. The molecule has 116 valence electrons. The van der Waals surface area contributed by atoms with E-state index in [1.807, 2.05) is 0 Å². The van der Waals surface area contributed by atoms with E-state index in [9.17, 15) is 19.5 Å². The smallest absolute Gasteiger partial charge is 0.331 e. The zero-order valence-electron chi connectivity index (χ0n) is 11.8. The summed E-state index contributed by atoms with van der Waals surface area (Å²) >= 11 is 0. The molecular weight excluding hydrogens is 276 g/mol. The number of nitrogens with zero attached hydrogens (tertiary/aromatic N) is 1. The Morgan fingerprint density at radius 1 is 1.43 bits per heavy atom. The predicted octanol–water partition coefficient (Wildman–Crippen LogP) is -0.395. The van der Waals surface area contributed by atoms with Crippen LogP contribution in [0.5, 0.6) is 0 Å². The van der Waals surface area contributed by atoms with Gasteiger partial charge in [-0.3, -0.25) is 9.59 Å². The predicted molar refractivity (Wildman–Crippen MR) is 71.4 cm³/mol. The molecule has 1 aliphatic carbocycles. The summed E-state index contributed by atoms with van der Waals surface area (Å²) < 4.78 is 5.12. The maximum Gasteiger partial charge on any atom is 0.331 e. The molecule has 2 amide bonds. The maximum atomic E-state index is 12.3. The highest BCUT2D eigenvalue weighted by Gasteiger charge is 2.46. The van der Waals surface area contributed by atoms with Gasteiger partial charge in [-0.25, -0.2) is 4.79 Å². The lowest BCUT2D eigenvalue weighted by molar-refractivity contribution is -0.148. The molecule has 0 bridgehead atoms. The lowest BCUT2D eigenvalue weighted by atomic mass is 9.97. The highest BCUT2D eigenvalue weighted by Crippen LogP contribution is 2.32. The van der Waals surface area contributed by atoms with Gasteiger partial charge in [-0.05, 0) is 18.8 Å². The van der Waals surface area contributed by atoms with Crippen LogP contribution < -0.4 is 5.32 Å². The summed E-state index contributed by atoms with van der Waals surface area (Å²) in [7, 11) is 0. The van der Waals surface area contributed by atoms with E-state index in [0.29, 0.717) is 19.1 Å². The van der Waals surface area contributed by atoms with Crippen molar-refractivity contribution in [3.8, 4) is 0 Å². The molecule has 0 aromatic heterocycles. The van der Waals surface area contributed by atoms with Crippen LogP contribution in [0, 0.1) is 11.8 Å². The van der Waals surface area contributed by atoms with E-state index >= 15 is 0 Å². The van der Waals surface area contributed by atoms with Crippen molar-refractivity contribution in [2.75, 3.05) is 26.3 Å². The van der Waals surface area contributed by atoms with Crippen LogP contribution in [0.15, 0.2) is 0 Å². The number of ether oxygens (including phenoxy) is 1. The Bertz CT molecular complexity index is 468. The molecule has 2 saturated heterocycles. The highest BCUT2D eigenvalue weighted by atomic mass is 16.5. The quantitative estimate of drug-likeness (QED) is 0.720. The number of amides is 2. The molecule has 2 N–H and O–H groups in total. The zero-order valence-corrected chi connectivity index (χ0v) is 11.8. The van der Waals surface area contributed by atoms with Crippen molar-refractivity contribution in [1.29, 1.82) is 0 Å². The van der Waals surface area contributed by atoms with Gasteiger partial charge in [0.15, 0.2) is 5.54 Å². The van der Waals surface area contributed by atoms with Gasteiger partial charge in [0.05, 0.1) is 12.5 Å². The average Bonchev–Trinajstić information content (AvgIpc) is 2.98. The van der Waals surface area contributed by atoms with Crippen molar-refractivity contribution in [3.05, 3.63) is 0 Å². The lowest BCUT2D eigenvalue weighted by Crippen LogP contribution is -2.56. The molecule has 21 heavy (non-hydrogen) atoms. The summed E-state index contributed by atoms with van der Waals surface area (Å²) in [6, 6.07) is 0. The van der Waals surface area contributed by atoms with Crippen molar-refractivity contribution in [2.45, 2.75) is 31.2 Å². The van der Waals surface area contributed by atoms with Gasteiger partial charge in [0.25, 0.3) is 0 Å². The van der Waals surface area contributed by atoms with Gasteiger partial charge in [0, 0.05) is 32.5 Å². The first-order valence-electron chi connectivity index (χ1n) is 7.41. The third kappa shape index (κ3) is 2.88. The second-order valence-corrected chi connectivity index (χ2v) is 6.32. The topological polar surface area (TPSA) is 95.9 Å². The van der Waals surface area contributed by atoms with Gasteiger partial charge in [-0.2, -0.15) is 0 Å². The van der Waals surface area contributed by atoms with Crippen molar-refractivity contribution < 1.29 is 24.2 Å². The van der Waals surface area contributed by atoms with Crippen LogP contribution in [0.25, 0.3) is 0 Å². The lowest BCUT2D eigenvalue weighted by Gasteiger charge is -2.25. The molecule has 0 radical (unpaired) electrons. The number of rotatable bonds is 5. The molecule has 2 aliphatic heterocycles. The minimum Gasteiger partial charge on any atom is -0.479 e. The van der Waals surface area contributed by atoms with E-state index in [2.05, 4.69) is 5.32 Å². The zero-order chi connectivity index (χ0) is 15.0. The first kappa shape index (κ1) is 14.3. The van der Waals surface area contributed by atoms with Crippen molar-refractivity contribution >= 4 is 17.8 Å². The minimum absolute atomic E-state index is 0.00547. The molecule has 3 rings (SSSR count). The molecular formula is C14H20N2O5. The minimum atomic E-state index is -1.33. The third-order valence-corrected chi connectivity index (χ3v) is 4.55. The highest BCUT2D eigenvalue weighted by molar-refractivity contribution is 5.93. The largest absolute Gasteiger partial charge is 0.479 e. The summed E-state index contributed by atoms with van der Waals surface area (Å²) in [5, 5.41) is 11.9. The molecule has 7 nitrogen and oxygen atoms in total. The molecule has 2 heterocycles. The number of nitrogens with one attached hydrogen (secondary N) is 1. The Hall–Kier alpha value is -1.63. The summed E-state index contributed by atoms with van der Waals surface area (Å²) in [6.07, 6.45) is 2.75. The van der Waals surface area contributed by atoms with Gasteiger partial charge in [0.1, 0.15) is 0 Å². The molecule has 0 aromatic rings. The van der Waals surface area contributed by atoms with Gasteiger partial charge in [-0.1, -0.05) is 0 Å². The van der Waals surface area contributed by atoms with Crippen molar-refractivity contribution in [2.24, 2.45) is 11.8 Å². The number of carbonyl (C=O) groups is 3. The fourth-order valence-corrected chi connectivity index (χ4v) is 2.96. The number of likely N-dealkylation sites (tertiary alicyclic amines) is 1. The standard InChI is InChI=1S/C14H20N2O5/c17-11-5-10(7-16(11)6-9-1-2-9)12(18)15-14(13(19)20)3-4-21-8-14/h9-10H,1-8H2,(H,15,18)(H,19,20). The summed E-state index contributed by atoms with van der Waals surface area (Å²) in [5.41, 5.74) is -1.33. The van der Waals surface area contributed by atoms with Crippen molar-refractivity contribution in [3.63, 3.8) is 0 Å². The van der Waals surface area contributed by atoms with Crippen LogP contribution in [0.3, 0.4) is 0 Å². The summed E-state index contributed by atoms with van der Waals surface area (Å²) in [6.45, 7) is 1.44. The second kappa shape index (κ2) is 5.29. The number of hydrogen-bond acceptors (Lipinski definition) is 4. The number of aliphatic carboxylic acids is 1. The molecule has 1 saturated carbocycles. The molecule has 0 spiro atoms. The van der Waals surface area contributed by atoms with Crippen LogP contribution in [-0.2, 0) is 19.1 Å². The van der Waals surface area contributed by atoms with E-state index in [0.717, 1.165) is 19.4 Å². The Labute approximate surface area is 122 Å². The Kier molecular flexibility index (Phi) is 3.61. The Balaban J connectivity index is 1.60. The van der Waals surface area contributed by atoms with Gasteiger partial charge < -0.3 is 20.1 Å². The van der Waals surface area contributed by atoms with Crippen LogP contribution in [0.4, 0.5) is 0 Å². The van der Waals surface area contributed by atoms with Gasteiger partial charge >= 0.3 is 5.97 Å². The van der Waals surface area contributed by atoms with Gasteiger partial charge in [-0.15, -0.1) is 0 Å². The number of carboxylic acids is 1. The first-order valence-corrected chi connectivity index (χ1v) is 7.41. The average molecular weight is 296 g/mol. The van der Waals surface area contributed by atoms with E-state index in [1.165, 1.54) is 0 Å². The number of carboxylic acid groups (broad SMARTS) is 1. The Morgan fingerprint density at radius 2 is 2.19 bits per heavy atom. The fraction of sp³-hybridized carbons (Fsp3) is 0.786. The van der Waals surface area contributed by atoms with Crippen LogP contribution >= 0.6 is 0 Å². The van der Waals surface area contributed by atoms with E-state index in [-0.39, 0.29) is 31.3 Å². The van der Waals surface area contributed by atoms with E-state index in [4.69, 9.17) is 4.74 Å². The third-order valence-electron chi connectivity index (χ3n) is 4.55. The van der Waals surface area contributed by atoms with Crippen LogP contribution in [-0.4, -0.2) is 59.6 Å². The first-order chi connectivity index (χ1) is 10.00. The molecule has 2 atom stereocenters. The van der Waals surface area contributed by atoms with E-state index in [1.54, 1.807) is 4.90 Å². The second-order valence-electron chi connectivity index (χ2n) is 6.32. The van der Waals surface area contributed by atoms with Crippen molar-refractivity contribution in [1.82, 2.24) is 10.2 Å². The monoisotopic (exact) mass is 296 g/mol. The molecule has 7 heteroatoms.